The van der Waals surface area contributed by atoms with E-state index in [4.69, 9.17) is 9.15 Å². The maximum absolute atomic E-state index is 12.0. The predicted octanol–water partition coefficient (Wildman–Crippen LogP) is 1.45. The number of aromatic nitrogens is 4. The van der Waals surface area contributed by atoms with Crippen molar-refractivity contribution < 1.29 is 13.9 Å². The van der Waals surface area contributed by atoms with Gasteiger partial charge in [0, 0.05) is 6.07 Å². The van der Waals surface area contributed by atoms with E-state index in [-0.39, 0.29) is 23.6 Å². The first-order valence-corrected chi connectivity index (χ1v) is 6.19. The highest BCUT2D eigenvalue weighted by Gasteiger charge is 2.19. The normalized spacial score (nSPS) is 10.7. The number of nitrogens with zero attached hydrogens (tertiary/aromatic N) is 4. The van der Waals surface area contributed by atoms with Gasteiger partial charge < -0.3 is 9.15 Å². The number of para-hydroxylation sites is 1. The van der Waals surface area contributed by atoms with E-state index in [9.17, 15) is 9.59 Å². The molecule has 0 fully saturated rings. The molecule has 0 N–H and O–H groups in total. The monoisotopic (exact) mass is 286 g/mol. The van der Waals surface area contributed by atoms with E-state index in [0.717, 1.165) is 4.68 Å². The molecule has 8 nitrogen and oxygen atoms in total. The average molecular weight is 286 g/mol. The Kier molecular flexibility index (Phi) is 3.19. The summed E-state index contributed by atoms with van der Waals surface area (Å²) in [4.78, 5) is 23.8. The fourth-order valence-electron chi connectivity index (χ4n) is 1.86. The molecule has 2 heterocycles. The number of benzene rings is 1. The summed E-state index contributed by atoms with van der Waals surface area (Å²) >= 11 is 0. The minimum Gasteiger partial charge on any atom is -0.452 e. The maximum atomic E-state index is 12.0. The maximum Gasteiger partial charge on any atom is 0.438 e. The van der Waals surface area contributed by atoms with E-state index in [1.165, 1.54) is 6.07 Å². The van der Waals surface area contributed by atoms with E-state index in [0.29, 0.717) is 11.0 Å². The Balaban J connectivity index is 2.16. The molecule has 106 valence electrons. The first-order chi connectivity index (χ1) is 10.2. The zero-order chi connectivity index (χ0) is 14.8. The topological polar surface area (TPSA) is 100 Å². The molecular weight excluding hydrogens is 276 g/mol. The fourth-order valence-corrected chi connectivity index (χ4v) is 1.86. The molecule has 0 spiro atoms. The summed E-state index contributed by atoms with van der Waals surface area (Å²) in [7, 11) is 0. The quantitative estimate of drug-likeness (QED) is 0.657. The predicted molar refractivity (Wildman–Crippen MR) is 71.7 cm³/mol. The molecule has 0 unspecified atom stereocenters. The lowest BCUT2D eigenvalue weighted by molar-refractivity contribution is 0.150. The molecule has 8 heteroatoms. The SMILES string of the molecule is CCOC(=O)n1nnnc1-c1cc(=O)c2ccccc2o1. The zero-order valence-electron chi connectivity index (χ0n) is 11.0. The van der Waals surface area contributed by atoms with Gasteiger partial charge in [-0.15, -0.1) is 9.78 Å². The van der Waals surface area contributed by atoms with Crippen molar-refractivity contribution in [2.75, 3.05) is 6.61 Å². The van der Waals surface area contributed by atoms with Crippen LogP contribution in [0.5, 0.6) is 0 Å². The van der Waals surface area contributed by atoms with Crippen LogP contribution in [0.15, 0.2) is 39.5 Å². The molecule has 0 atom stereocenters. The summed E-state index contributed by atoms with van der Waals surface area (Å²) in [5.41, 5.74) is 0.142. The summed E-state index contributed by atoms with van der Waals surface area (Å²) in [6.07, 6.45) is -0.742. The van der Waals surface area contributed by atoms with E-state index in [1.54, 1.807) is 31.2 Å². The largest absolute Gasteiger partial charge is 0.452 e. The number of tetrazole rings is 1. The third-order valence-corrected chi connectivity index (χ3v) is 2.77. The van der Waals surface area contributed by atoms with Crippen molar-refractivity contribution in [3.63, 3.8) is 0 Å². The second-order valence-corrected chi connectivity index (χ2v) is 4.08. The lowest BCUT2D eigenvalue weighted by Crippen LogP contribution is -2.17. The van der Waals surface area contributed by atoms with Gasteiger partial charge >= 0.3 is 6.09 Å². The molecule has 3 rings (SSSR count). The van der Waals surface area contributed by atoms with Crippen molar-refractivity contribution in [1.29, 1.82) is 0 Å². The Bertz CT molecular complexity index is 868. The highest BCUT2D eigenvalue weighted by Crippen LogP contribution is 2.19. The number of carbonyl (C=O) groups excluding carboxylic acids is 1. The van der Waals surface area contributed by atoms with Crippen molar-refractivity contribution in [3.8, 4) is 11.6 Å². The van der Waals surface area contributed by atoms with Crippen LogP contribution < -0.4 is 5.43 Å². The van der Waals surface area contributed by atoms with Crippen molar-refractivity contribution in [3.05, 3.63) is 40.6 Å². The van der Waals surface area contributed by atoms with Gasteiger partial charge in [-0.2, -0.15) is 0 Å². The highest BCUT2D eigenvalue weighted by atomic mass is 16.6. The lowest BCUT2D eigenvalue weighted by Gasteiger charge is -2.03. The minimum atomic E-state index is -0.742. The van der Waals surface area contributed by atoms with Crippen LogP contribution in [0.3, 0.4) is 0 Å². The van der Waals surface area contributed by atoms with Gasteiger partial charge in [-0.05, 0) is 29.5 Å². The van der Waals surface area contributed by atoms with Gasteiger partial charge in [0.1, 0.15) is 5.58 Å². The number of rotatable bonds is 2. The molecule has 0 bridgehead atoms. The van der Waals surface area contributed by atoms with E-state index in [2.05, 4.69) is 15.5 Å². The second-order valence-electron chi connectivity index (χ2n) is 4.08. The standard InChI is InChI=1S/C13H10N4O4/c1-2-20-13(19)17-12(14-15-16-17)11-7-9(18)8-5-3-4-6-10(8)21-11/h3-7H,2H2,1H3. The number of carbonyl (C=O) groups is 1. The van der Waals surface area contributed by atoms with Crippen LogP contribution in [0, 0.1) is 0 Å². The highest BCUT2D eigenvalue weighted by molar-refractivity contribution is 5.79. The molecule has 2 aromatic heterocycles. The molecule has 3 aromatic rings. The van der Waals surface area contributed by atoms with Gasteiger partial charge in [-0.1, -0.05) is 12.1 Å². The summed E-state index contributed by atoms with van der Waals surface area (Å²) < 4.78 is 11.3. The molecule has 1 aromatic carbocycles. The average Bonchev–Trinajstić information content (AvgIpc) is 2.97. The number of fused-ring (bicyclic) bond motifs is 1. The van der Waals surface area contributed by atoms with Crippen molar-refractivity contribution in [2.45, 2.75) is 6.92 Å². The molecule has 0 saturated heterocycles. The van der Waals surface area contributed by atoms with Crippen LogP contribution in [0.4, 0.5) is 4.79 Å². The Morgan fingerprint density at radius 1 is 1.38 bits per heavy atom. The van der Waals surface area contributed by atoms with E-state index in [1.807, 2.05) is 0 Å². The summed E-state index contributed by atoms with van der Waals surface area (Å²) in [6.45, 7) is 1.85. The lowest BCUT2D eigenvalue weighted by atomic mass is 10.2. The van der Waals surface area contributed by atoms with E-state index < -0.39 is 6.09 Å². The van der Waals surface area contributed by atoms with Crippen molar-refractivity contribution in [2.24, 2.45) is 0 Å². The van der Waals surface area contributed by atoms with Gasteiger partial charge in [0.25, 0.3) is 0 Å². The molecular formula is C13H10N4O4. The smallest absolute Gasteiger partial charge is 0.438 e. The molecule has 0 aliphatic carbocycles. The first-order valence-electron chi connectivity index (χ1n) is 6.19. The van der Waals surface area contributed by atoms with Gasteiger partial charge in [-0.3, -0.25) is 4.79 Å². The Morgan fingerprint density at radius 2 is 2.19 bits per heavy atom. The third-order valence-electron chi connectivity index (χ3n) is 2.77. The van der Waals surface area contributed by atoms with Gasteiger partial charge in [0.05, 0.1) is 12.0 Å². The van der Waals surface area contributed by atoms with Crippen LogP contribution in [0.2, 0.25) is 0 Å². The Morgan fingerprint density at radius 3 is 3.00 bits per heavy atom. The van der Waals surface area contributed by atoms with Gasteiger partial charge in [-0.25, -0.2) is 4.79 Å². The number of hydrogen-bond acceptors (Lipinski definition) is 7. The summed E-state index contributed by atoms with van der Waals surface area (Å²) in [5, 5.41) is 11.1. The number of hydrogen-bond donors (Lipinski definition) is 0. The number of ether oxygens (including phenoxy) is 1. The fraction of sp³-hybridized carbons (Fsp3) is 0.154. The third kappa shape index (κ3) is 2.27. The van der Waals surface area contributed by atoms with Crippen LogP contribution in [0.1, 0.15) is 6.92 Å². The Labute approximate surface area is 117 Å². The minimum absolute atomic E-state index is 0.0105. The van der Waals surface area contributed by atoms with Crippen molar-refractivity contribution in [1.82, 2.24) is 20.2 Å². The van der Waals surface area contributed by atoms with Crippen LogP contribution in [0.25, 0.3) is 22.6 Å². The van der Waals surface area contributed by atoms with E-state index >= 15 is 0 Å². The molecule has 0 aliphatic rings. The molecule has 0 amide bonds. The Hall–Kier alpha value is -3.03. The molecule has 0 aliphatic heterocycles. The molecule has 21 heavy (non-hydrogen) atoms. The molecule has 0 radical (unpaired) electrons. The van der Waals surface area contributed by atoms with Crippen LogP contribution in [-0.2, 0) is 4.74 Å². The van der Waals surface area contributed by atoms with Gasteiger partial charge in [0.2, 0.25) is 5.82 Å². The zero-order valence-corrected chi connectivity index (χ0v) is 11.0. The van der Waals surface area contributed by atoms with Crippen LogP contribution in [-0.4, -0.2) is 32.9 Å². The van der Waals surface area contributed by atoms with Crippen LogP contribution >= 0.6 is 0 Å². The summed E-state index contributed by atoms with van der Waals surface area (Å²) in [5.74, 6) is 0.105. The first kappa shape index (κ1) is 13.0. The van der Waals surface area contributed by atoms with Gasteiger partial charge in [0.15, 0.2) is 11.2 Å². The second kappa shape index (κ2) is 5.16. The molecule has 0 saturated carbocycles. The van der Waals surface area contributed by atoms with Crippen molar-refractivity contribution >= 4 is 17.1 Å². The summed E-state index contributed by atoms with van der Waals surface area (Å²) in [6, 6.07) is 8.02.